The Bertz CT molecular complexity index is 1460. The Morgan fingerprint density at radius 3 is 2.46 bits per heavy atom. The van der Waals surface area contributed by atoms with Crippen LogP contribution in [0.3, 0.4) is 0 Å². The molecule has 5 rings (SSSR count). The summed E-state index contributed by atoms with van der Waals surface area (Å²) in [5, 5.41) is 9.52. The zero-order chi connectivity index (χ0) is 27.6. The van der Waals surface area contributed by atoms with Crippen LogP contribution in [-0.4, -0.2) is 22.2 Å². The molecular formula is C29H27F4N5O. The number of carbonyl (C=O) groups excluding carboxylic acids is 1. The third-order valence-corrected chi connectivity index (χ3v) is 6.65. The van der Waals surface area contributed by atoms with Gasteiger partial charge in [-0.15, -0.1) is 0 Å². The van der Waals surface area contributed by atoms with Gasteiger partial charge in [0, 0.05) is 18.2 Å². The summed E-state index contributed by atoms with van der Waals surface area (Å²) in [5.41, 5.74) is 5.93. The molecule has 1 aliphatic rings. The number of nitrogens with zero attached hydrogens (tertiary/aromatic N) is 2. The van der Waals surface area contributed by atoms with Gasteiger partial charge in [0.05, 0.1) is 17.4 Å². The van der Waals surface area contributed by atoms with Crippen LogP contribution in [0.2, 0.25) is 0 Å². The van der Waals surface area contributed by atoms with Gasteiger partial charge in [-0.05, 0) is 54.6 Å². The van der Waals surface area contributed by atoms with Crippen molar-refractivity contribution in [2.45, 2.75) is 31.6 Å². The Morgan fingerprint density at radius 1 is 1.03 bits per heavy atom. The van der Waals surface area contributed by atoms with Crippen molar-refractivity contribution in [3.05, 3.63) is 113 Å². The molecule has 1 atom stereocenters. The molecule has 202 valence electrons. The molecule has 0 saturated heterocycles. The van der Waals surface area contributed by atoms with Gasteiger partial charge in [-0.3, -0.25) is 4.79 Å². The fourth-order valence-electron chi connectivity index (χ4n) is 4.41. The summed E-state index contributed by atoms with van der Waals surface area (Å²) in [6.07, 6.45) is -2.54. The zero-order valence-corrected chi connectivity index (χ0v) is 20.9. The standard InChI is InChI=1S/C29H27F4N5O/c30-26-22(27(35-17-18-12-13-18)20-7-2-1-3-8-20)10-5-11-23(26)36-28(39)24-15-25(29(31,32)33)37-38(24)21-9-4-6-19(14-21)16-34/h1-11,14-15,18,27,35H,12-13,16-17,34H2,(H,36,39). The summed E-state index contributed by atoms with van der Waals surface area (Å²) in [7, 11) is 0. The highest BCUT2D eigenvalue weighted by atomic mass is 19.4. The quantitative estimate of drug-likeness (QED) is 0.235. The molecule has 0 bridgehead atoms. The molecule has 6 nitrogen and oxygen atoms in total. The van der Waals surface area contributed by atoms with E-state index in [1.807, 2.05) is 30.3 Å². The smallest absolute Gasteiger partial charge is 0.326 e. The third kappa shape index (κ3) is 6.02. The summed E-state index contributed by atoms with van der Waals surface area (Å²) >= 11 is 0. The van der Waals surface area contributed by atoms with E-state index in [4.69, 9.17) is 5.73 Å². The molecule has 1 aliphatic carbocycles. The molecule has 1 aromatic heterocycles. The van der Waals surface area contributed by atoms with E-state index in [0.717, 1.165) is 29.6 Å². The maximum atomic E-state index is 15.9. The van der Waals surface area contributed by atoms with Gasteiger partial charge in [-0.25, -0.2) is 9.07 Å². The predicted molar refractivity (Wildman–Crippen MR) is 140 cm³/mol. The number of anilines is 1. The third-order valence-electron chi connectivity index (χ3n) is 6.65. The van der Waals surface area contributed by atoms with Gasteiger partial charge in [0.1, 0.15) is 5.69 Å². The highest BCUT2D eigenvalue weighted by Crippen LogP contribution is 2.33. The van der Waals surface area contributed by atoms with Crippen molar-refractivity contribution in [1.29, 1.82) is 0 Å². The molecule has 4 N–H and O–H groups in total. The molecule has 10 heteroatoms. The number of rotatable bonds is 9. The van der Waals surface area contributed by atoms with Crippen LogP contribution >= 0.6 is 0 Å². The first-order valence-electron chi connectivity index (χ1n) is 12.6. The molecular weight excluding hydrogens is 510 g/mol. The average Bonchev–Trinajstić information content (AvgIpc) is 3.64. The van der Waals surface area contributed by atoms with Crippen molar-refractivity contribution in [2.75, 3.05) is 11.9 Å². The van der Waals surface area contributed by atoms with Gasteiger partial charge in [0.15, 0.2) is 11.5 Å². The highest BCUT2D eigenvalue weighted by molar-refractivity contribution is 6.03. The lowest BCUT2D eigenvalue weighted by Gasteiger charge is -2.21. The number of nitrogens with one attached hydrogen (secondary N) is 2. The second-order valence-electron chi connectivity index (χ2n) is 9.56. The van der Waals surface area contributed by atoms with Gasteiger partial charge in [-0.1, -0.05) is 54.6 Å². The maximum absolute atomic E-state index is 15.9. The first-order valence-corrected chi connectivity index (χ1v) is 12.6. The molecule has 3 aromatic carbocycles. The van der Waals surface area contributed by atoms with Crippen molar-refractivity contribution in [3.63, 3.8) is 0 Å². The number of hydrogen-bond acceptors (Lipinski definition) is 4. The van der Waals surface area contributed by atoms with Gasteiger partial charge in [0.2, 0.25) is 0 Å². The first kappa shape index (κ1) is 26.6. The summed E-state index contributed by atoms with van der Waals surface area (Å²) in [6, 6.07) is 20.5. The minimum absolute atomic E-state index is 0.149. The van der Waals surface area contributed by atoms with Crippen LogP contribution < -0.4 is 16.4 Å². The summed E-state index contributed by atoms with van der Waals surface area (Å²) < 4.78 is 57.4. The van der Waals surface area contributed by atoms with E-state index < -0.39 is 35.3 Å². The van der Waals surface area contributed by atoms with Crippen LogP contribution in [0.15, 0.2) is 78.9 Å². The largest absolute Gasteiger partial charge is 0.435 e. The molecule has 4 aromatic rings. The minimum atomic E-state index is -4.78. The first-order chi connectivity index (χ1) is 18.7. The number of amides is 1. The number of alkyl halides is 3. The van der Waals surface area contributed by atoms with Crippen LogP contribution in [0, 0.1) is 11.7 Å². The highest BCUT2D eigenvalue weighted by Gasteiger charge is 2.36. The van der Waals surface area contributed by atoms with E-state index in [1.165, 1.54) is 12.1 Å². The van der Waals surface area contributed by atoms with Crippen LogP contribution in [0.25, 0.3) is 5.69 Å². The van der Waals surface area contributed by atoms with Crippen molar-refractivity contribution in [2.24, 2.45) is 11.7 Å². The molecule has 1 unspecified atom stereocenters. The lowest BCUT2D eigenvalue weighted by Crippen LogP contribution is -2.26. The fourth-order valence-corrected chi connectivity index (χ4v) is 4.41. The Kier molecular flexibility index (Phi) is 7.49. The predicted octanol–water partition coefficient (Wildman–Crippen LogP) is 5.83. The van der Waals surface area contributed by atoms with Crippen LogP contribution in [-0.2, 0) is 12.7 Å². The van der Waals surface area contributed by atoms with Crippen molar-refractivity contribution < 1.29 is 22.4 Å². The minimum Gasteiger partial charge on any atom is -0.326 e. The van der Waals surface area contributed by atoms with Gasteiger partial charge >= 0.3 is 6.18 Å². The van der Waals surface area contributed by atoms with Crippen LogP contribution in [0.1, 0.15) is 51.8 Å². The molecule has 0 radical (unpaired) electrons. The topological polar surface area (TPSA) is 85.0 Å². The van der Waals surface area contributed by atoms with Gasteiger partial charge in [0.25, 0.3) is 5.91 Å². The molecule has 1 fully saturated rings. The van der Waals surface area contributed by atoms with Crippen molar-refractivity contribution in [3.8, 4) is 5.69 Å². The van der Waals surface area contributed by atoms with E-state index in [-0.39, 0.29) is 17.9 Å². The number of hydrogen-bond donors (Lipinski definition) is 3. The average molecular weight is 538 g/mol. The van der Waals surface area contributed by atoms with E-state index in [0.29, 0.717) is 23.1 Å². The lowest BCUT2D eigenvalue weighted by molar-refractivity contribution is -0.141. The number of benzene rings is 3. The normalized spacial score (nSPS) is 14.3. The van der Waals surface area contributed by atoms with E-state index in [2.05, 4.69) is 15.7 Å². The van der Waals surface area contributed by atoms with Gasteiger partial charge in [-0.2, -0.15) is 18.3 Å². The second-order valence-corrected chi connectivity index (χ2v) is 9.56. The molecule has 1 saturated carbocycles. The Hall–Kier alpha value is -4.02. The van der Waals surface area contributed by atoms with Crippen molar-refractivity contribution in [1.82, 2.24) is 15.1 Å². The fraction of sp³-hybridized carbons (Fsp3) is 0.241. The number of nitrogens with two attached hydrogens (primary N) is 1. The Morgan fingerprint density at radius 2 is 1.77 bits per heavy atom. The number of halogens is 4. The van der Waals surface area contributed by atoms with Crippen LogP contribution in [0.4, 0.5) is 23.2 Å². The summed E-state index contributed by atoms with van der Waals surface area (Å²) in [6.45, 7) is 0.870. The second kappa shape index (κ2) is 11.0. The van der Waals surface area contributed by atoms with Crippen LogP contribution in [0.5, 0.6) is 0 Å². The Labute approximate surface area is 222 Å². The van der Waals surface area contributed by atoms with E-state index in [9.17, 15) is 18.0 Å². The summed E-state index contributed by atoms with van der Waals surface area (Å²) in [5.74, 6) is -1.06. The lowest BCUT2D eigenvalue weighted by atomic mass is 9.97. The summed E-state index contributed by atoms with van der Waals surface area (Å²) in [4.78, 5) is 13.3. The molecule has 1 heterocycles. The molecule has 0 spiro atoms. The molecule has 1 amide bonds. The number of carbonyl (C=O) groups is 1. The van der Waals surface area contributed by atoms with E-state index in [1.54, 1.807) is 30.3 Å². The Balaban J connectivity index is 1.48. The number of aromatic nitrogens is 2. The van der Waals surface area contributed by atoms with Crippen molar-refractivity contribution >= 4 is 11.6 Å². The molecule has 0 aliphatic heterocycles. The zero-order valence-electron chi connectivity index (χ0n) is 20.9. The van der Waals surface area contributed by atoms with Gasteiger partial charge < -0.3 is 16.4 Å². The maximum Gasteiger partial charge on any atom is 0.435 e. The van der Waals surface area contributed by atoms with E-state index >= 15 is 4.39 Å². The molecule has 39 heavy (non-hydrogen) atoms. The monoisotopic (exact) mass is 537 g/mol. The SMILES string of the molecule is NCc1cccc(-n2nc(C(F)(F)F)cc2C(=O)Nc2cccc(C(NCC3CC3)c3ccccc3)c2F)c1.